The summed E-state index contributed by atoms with van der Waals surface area (Å²) in [6.45, 7) is 2.07. The molecule has 6 nitrogen and oxygen atoms in total. The van der Waals surface area contributed by atoms with Crippen LogP contribution in [0.4, 0.5) is 4.39 Å². The molecule has 0 bridgehead atoms. The third-order valence-corrected chi connectivity index (χ3v) is 3.60. The maximum absolute atomic E-state index is 12.9. The van der Waals surface area contributed by atoms with E-state index in [1.165, 1.54) is 24.8 Å². The molecule has 0 spiro atoms. The van der Waals surface area contributed by atoms with E-state index in [0.717, 1.165) is 5.56 Å². The fourth-order valence-electron chi connectivity index (χ4n) is 2.30. The van der Waals surface area contributed by atoms with E-state index in [-0.39, 0.29) is 24.3 Å². The Morgan fingerprint density at radius 2 is 1.64 bits per heavy atom. The van der Waals surface area contributed by atoms with Gasteiger partial charge in [0.25, 0.3) is 0 Å². The number of nitrogens with zero attached hydrogens (tertiary/aromatic N) is 3. The average Bonchev–Trinajstić information content (AvgIpc) is 3.10. The van der Waals surface area contributed by atoms with E-state index in [9.17, 15) is 9.18 Å². The Balaban J connectivity index is 1.57. The first kappa shape index (κ1) is 16.6. The van der Waals surface area contributed by atoms with Crippen molar-refractivity contribution in [2.24, 2.45) is 0 Å². The number of hydrogen-bond acceptors (Lipinski definition) is 4. The minimum atomic E-state index is -0.307. The van der Waals surface area contributed by atoms with Crippen molar-refractivity contribution in [2.45, 2.75) is 19.5 Å². The van der Waals surface area contributed by atoms with Gasteiger partial charge in [-0.05, 0) is 48.9 Å². The zero-order valence-electron chi connectivity index (χ0n) is 13.6. The molecule has 0 aliphatic heterocycles. The Hall–Kier alpha value is -3.22. The molecule has 1 atom stereocenters. The molecule has 3 rings (SSSR count). The van der Waals surface area contributed by atoms with Gasteiger partial charge in [-0.25, -0.2) is 4.39 Å². The SMILES string of the molecule is CC(NC(=O)Cn1cnnc1)c1ccc(Oc2ccc(F)cc2)cc1. The van der Waals surface area contributed by atoms with E-state index in [0.29, 0.717) is 11.5 Å². The fraction of sp³-hybridized carbons (Fsp3) is 0.167. The van der Waals surface area contributed by atoms with Crippen LogP contribution in [0, 0.1) is 5.82 Å². The van der Waals surface area contributed by atoms with Gasteiger partial charge in [0, 0.05) is 0 Å². The predicted molar refractivity (Wildman–Crippen MR) is 89.5 cm³/mol. The van der Waals surface area contributed by atoms with Gasteiger partial charge in [0.15, 0.2) is 0 Å². The molecule has 0 fully saturated rings. The molecule has 7 heteroatoms. The number of rotatable bonds is 6. The molecular weight excluding hydrogens is 323 g/mol. The number of amides is 1. The van der Waals surface area contributed by atoms with Crippen molar-refractivity contribution in [2.75, 3.05) is 0 Å². The van der Waals surface area contributed by atoms with Crippen LogP contribution in [0.1, 0.15) is 18.5 Å². The van der Waals surface area contributed by atoms with E-state index in [1.54, 1.807) is 28.8 Å². The normalized spacial score (nSPS) is 11.8. The summed E-state index contributed by atoms with van der Waals surface area (Å²) in [6, 6.07) is 13.0. The number of nitrogens with one attached hydrogen (secondary N) is 1. The number of hydrogen-bond donors (Lipinski definition) is 1. The molecule has 1 amide bonds. The highest BCUT2D eigenvalue weighted by Gasteiger charge is 2.10. The zero-order valence-corrected chi connectivity index (χ0v) is 13.6. The second-order valence-corrected chi connectivity index (χ2v) is 5.55. The standard InChI is InChI=1S/C18H17FN4O2/c1-13(22-18(24)10-23-11-20-21-12-23)14-2-6-16(7-3-14)25-17-8-4-15(19)5-9-17/h2-9,11-13H,10H2,1H3,(H,22,24). The summed E-state index contributed by atoms with van der Waals surface area (Å²) in [6.07, 6.45) is 2.98. The van der Waals surface area contributed by atoms with Crippen LogP contribution in [0.2, 0.25) is 0 Å². The first-order valence-corrected chi connectivity index (χ1v) is 7.75. The van der Waals surface area contributed by atoms with Crippen LogP contribution >= 0.6 is 0 Å². The lowest BCUT2D eigenvalue weighted by Gasteiger charge is -2.15. The van der Waals surface area contributed by atoms with Crippen molar-refractivity contribution < 1.29 is 13.9 Å². The smallest absolute Gasteiger partial charge is 0.240 e. The Morgan fingerprint density at radius 3 is 2.24 bits per heavy atom. The van der Waals surface area contributed by atoms with Crippen LogP contribution in [-0.4, -0.2) is 20.7 Å². The molecule has 3 aromatic rings. The second-order valence-electron chi connectivity index (χ2n) is 5.55. The lowest BCUT2D eigenvalue weighted by atomic mass is 10.1. The number of benzene rings is 2. The Bertz CT molecular complexity index is 817. The summed E-state index contributed by atoms with van der Waals surface area (Å²) in [4.78, 5) is 12.0. The Morgan fingerprint density at radius 1 is 1.08 bits per heavy atom. The number of carbonyl (C=O) groups excluding carboxylic acids is 1. The van der Waals surface area contributed by atoms with Crippen molar-refractivity contribution >= 4 is 5.91 Å². The van der Waals surface area contributed by atoms with Gasteiger partial charge in [0.2, 0.25) is 5.91 Å². The summed E-state index contributed by atoms with van der Waals surface area (Å²) >= 11 is 0. The van der Waals surface area contributed by atoms with Gasteiger partial charge in [-0.2, -0.15) is 0 Å². The topological polar surface area (TPSA) is 69.0 Å². The van der Waals surface area contributed by atoms with Crippen molar-refractivity contribution in [1.29, 1.82) is 0 Å². The Labute approximate surface area is 144 Å². The number of ether oxygens (including phenoxy) is 1. The third kappa shape index (κ3) is 4.63. The predicted octanol–water partition coefficient (Wildman–Crippen LogP) is 3.09. The second kappa shape index (κ2) is 7.57. The first-order valence-electron chi connectivity index (χ1n) is 7.75. The van der Waals surface area contributed by atoms with E-state index < -0.39 is 0 Å². The summed E-state index contributed by atoms with van der Waals surface area (Å²) < 4.78 is 20.1. The maximum atomic E-state index is 12.9. The molecule has 2 aromatic carbocycles. The van der Waals surface area contributed by atoms with Gasteiger partial charge in [-0.1, -0.05) is 12.1 Å². The molecule has 128 valence electrons. The summed E-state index contributed by atoms with van der Waals surface area (Å²) in [5, 5.41) is 10.2. The van der Waals surface area contributed by atoms with Gasteiger partial charge >= 0.3 is 0 Å². The van der Waals surface area contributed by atoms with Crippen LogP contribution in [-0.2, 0) is 11.3 Å². The van der Waals surface area contributed by atoms with Crippen LogP contribution < -0.4 is 10.1 Å². The Kier molecular flexibility index (Phi) is 5.03. The highest BCUT2D eigenvalue weighted by atomic mass is 19.1. The van der Waals surface area contributed by atoms with Crippen molar-refractivity contribution in [3.05, 3.63) is 72.6 Å². The van der Waals surface area contributed by atoms with Gasteiger partial charge < -0.3 is 14.6 Å². The van der Waals surface area contributed by atoms with Crippen molar-refractivity contribution in [1.82, 2.24) is 20.1 Å². The highest BCUT2D eigenvalue weighted by Crippen LogP contribution is 2.23. The lowest BCUT2D eigenvalue weighted by Crippen LogP contribution is -2.29. The molecule has 0 saturated heterocycles. The minimum Gasteiger partial charge on any atom is -0.457 e. The molecular formula is C18H17FN4O2. The number of halogens is 1. The molecule has 1 heterocycles. The number of aromatic nitrogens is 3. The van der Waals surface area contributed by atoms with Gasteiger partial charge in [0.05, 0.1) is 6.04 Å². The molecule has 1 unspecified atom stereocenters. The molecule has 0 aliphatic rings. The monoisotopic (exact) mass is 340 g/mol. The molecule has 25 heavy (non-hydrogen) atoms. The fourth-order valence-corrected chi connectivity index (χ4v) is 2.30. The molecule has 0 saturated carbocycles. The van der Waals surface area contributed by atoms with E-state index in [2.05, 4.69) is 15.5 Å². The van der Waals surface area contributed by atoms with Crippen molar-refractivity contribution in [3.8, 4) is 11.5 Å². The molecule has 1 N–H and O–H groups in total. The molecule has 0 aliphatic carbocycles. The van der Waals surface area contributed by atoms with Gasteiger partial charge in [-0.3, -0.25) is 4.79 Å². The van der Waals surface area contributed by atoms with Gasteiger partial charge in [-0.15, -0.1) is 10.2 Å². The number of carbonyl (C=O) groups is 1. The van der Waals surface area contributed by atoms with E-state index in [1.807, 2.05) is 19.1 Å². The largest absolute Gasteiger partial charge is 0.457 e. The highest BCUT2D eigenvalue weighted by molar-refractivity contribution is 5.76. The minimum absolute atomic E-state index is 0.126. The molecule has 0 radical (unpaired) electrons. The average molecular weight is 340 g/mol. The maximum Gasteiger partial charge on any atom is 0.240 e. The van der Waals surface area contributed by atoms with Crippen LogP contribution in [0.25, 0.3) is 0 Å². The van der Waals surface area contributed by atoms with Crippen LogP contribution in [0.5, 0.6) is 11.5 Å². The van der Waals surface area contributed by atoms with E-state index >= 15 is 0 Å². The third-order valence-electron chi connectivity index (χ3n) is 3.60. The van der Waals surface area contributed by atoms with Crippen molar-refractivity contribution in [3.63, 3.8) is 0 Å². The summed E-state index contributed by atoms with van der Waals surface area (Å²) in [5.74, 6) is 0.764. The zero-order chi connectivity index (χ0) is 17.6. The quantitative estimate of drug-likeness (QED) is 0.749. The summed E-state index contributed by atoms with van der Waals surface area (Å²) in [7, 11) is 0. The van der Waals surface area contributed by atoms with Crippen LogP contribution in [0.15, 0.2) is 61.2 Å². The summed E-state index contributed by atoms with van der Waals surface area (Å²) in [5.41, 5.74) is 0.948. The lowest BCUT2D eigenvalue weighted by molar-refractivity contribution is -0.122. The first-order chi connectivity index (χ1) is 12.1. The molecule has 1 aromatic heterocycles. The van der Waals surface area contributed by atoms with Crippen LogP contribution in [0.3, 0.4) is 0 Å². The van der Waals surface area contributed by atoms with Gasteiger partial charge in [0.1, 0.15) is 36.5 Å². The van der Waals surface area contributed by atoms with E-state index in [4.69, 9.17) is 4.74 Å².